The second-order valence-electron chi connectivity index (χ2n) is 2.48. The third kappa shape index (κ3) is 5.56. The van der Waals surface area contributed by atoms with Gasteiger partial charge in [0.15, 0.2) is 0 Å². The van der Waals surface area contributed by atoms with Crippen LogP contribution in [-0.4, -0.2) is 5.54 Å². The summed E-state index contributed by atoms with van der Waals surface area (Å²) in [5.41, 5.74) is 0.596. The first-order valence-electron chi connectivity index (χ1n) is 3.97. The molecule has 0 unspecified atom stereocenters. The van der Waals surface area contributed by atoms with Gasteiger partial charge >= 0.3 is 22.6 Å². The Labute approximate surface area is 105 Å². The van der Waals surface area contributed by atoms with Crippen molar-refractivity contribution in [1.82, 2.24) is 0 Å². The number of rotatable bonds is 1. The summed E-state index contributed by atoms with van der Waals surface area (Å²) in [7, 11) is 0. The molecule has 0 aromatic heterocycles. The molecule has 0 aliphatic carbocycles. The Balaban J connectivity index is 0.000000246. The molecular formula is C10H9BCl2Fe. The van der Waals surface area contributed by atoms with E-state index in [2.05, 4.69) is 0 Å². The van der Waals surface area contributed by atoms with Crippen molar-refractivity contribution in [3.8, 4) is 0 Å². The molecule has 0 nitrogen and oxygen atoms in total. The van der Waals surface area contributed by atoms with Crippen molar-refractivity contribution < 1.29 is 17.1 Å². The van der Waals surface area contributed by atoms with E-state index in [1.807, 2.05) is 54.6 Å². The zero-order valence-electron chi connectivity index (χ0n) is 7.38. The fourth-order valence-corrected chi connectivity index (χ4v) is 1.15. The van der Waals surface area contributed by atoms with Gasteiger partial charge in [0.05, 0.1) is 0 Å². The summed E-state index contributed by atoms with van der Waals surface area (Å²) in [4.78, 5) is 0. The normalized spacial score (nSPS) is 8.14. The fourth-order valence-electron chi connectivity index (χ4n) is 0.855. The van der Waals surface area contributed by atoms with E-state index in [1.54, 1.807) is 0 Å². The van der Waals surface area contributed by atoms with Gasteiger partial charge in [0, 0.05) is 0 Å². The van der Waals surface area contributed by atoms with Crippen LogP contribution in [0.2, 0.25) is 0 Å². The number of halogens is 2. The van der Waals surface area contributed by atoms with Crippen LogP contribution >= 0.6 is 22.9 Å². The third-order valence-electron chi connectivity index (χ3n) is 1.50. The molecule has 0 spiro atoms. The molecule has 14 heavy (non-hydrogen) atoms. The van der Waals surface area contributed by atoms with Gasteiger partial charge in [-0.05, 0) is 0 Å². The molecule has 2 rings (SSSR count). The molecule has 2 aromatic carbocycles. The van der Waals surface area contributed by atoms with Gasteiger partial charge in [-0.15, -0.1) is 5.46 Å². The maximum Gasteiger partial charge on any atom is 2.00 e. The molecule has 74 valence electrons. The molecule has 0 amide bonds. The second-order valence-corrected chi connectivity index (χ2v) is 3.58. The molecule has 0 aliphatic heterocycles. The number of hydrogen-bond donors (Lipinski definition) is 0. The summed E-state index contributed by atoms with van der Waals surface area (Å²) >= 11 is 11.0. The van der Waals surface area contributed by atoms with Gasteiger partial charge in [-0.2, -0.15) is 53.3 Å². The van der Waals surface area contributed by atoms with Crippen LogP contribution in [0.3, 0.4) is 0 Å². The Hall–Kier alpha value is -0.136. The minimum atomic E-state index is -0.370. The van der Waals surface area contributed by atoms with Crippen LogP contribution in [0.1, 0.15) is 0 Å². The summed E-state index contributed by atoms with van der Waals surface area (Å²) < 4.78 is 0. The summed E-state index contributed by atoms with van der Waals surface area (Å²) in [6, 6.07) is 17.6. The van der Waals surface area contributed by atoms with Crippen molar-refractivity contribution in [2.75, 3.05) is 0 Å². The summed E-state index contributed by atoms with van der Waals surface area (Å²) in [6.45, 7) is 0. The molecule has 0 aliphatic rings. The molecule has 0 radical (unpaired) electrons. The van der Waals surface area contributed by atoms with Crippen molar-refractivity contribution >= 4 is 33.9 Å². The maximum atomic E-state index is 5.51. The van der Waals surface area contributed by atoms with Crippen LogP contribution in [0.4, 0.5) is 0 Å². The van der Waals surface area contributed by atoms with E-state index >= 15 is 0 Å². The van der Waals surface area contributed by atoms with E-state index in [4.69, 9.17) is 22.9 Å². The molecule has 0 heterocycles. The van der Waals surface area contributed by atoms with E-state index in [-0.39, 0.29) is 22.6 Å². The van der Waals surface area contributed by atoms with E-state index in [0.29, 0.717) is 0 Å². The summed E-state index contributed by atoms with van der Waals surface area (Å²) in [5, 5.41) is 0. The van der Waals surface area contributed by atoms with Crippen LogP contribution in [0.25, 0.3) is 0 Å². The quantitative estimate of drug-likeness (QED) is 0.550. The van der Waals surface area contributed by atoms with Crippen molar-refractivity contribution in [2.24, 2.45) is 0 Å². The Morgan fingerprint density at radius 2 is 1.43 bits per heavy atom. The molecule has 2 aromatic rings. The molecular weight excluding hydrogens is 258 g/mol. The zero-order valence-corrected chi connectivity index (χ0v) is 10.00. The number of hydrogen-bond acceptors (Lipinski definition) is 0. The molecule has 0 N–H and O–H groups in total. The maximum absolute atomic E-state index is 5.51. The van der Waals surface area contributed by atoms with Gasteiger partial charge in [0.1, 0.15) is 0 Å². The van der Waals surface area contributed by atoms with Gasteiger partial charge in [0.25, 0.3) is 0 Å². The van der Waals surface area contributed by atoms with Crippen molar-refractivity contribution in [3.63, 3.8) is 0 Å². The Morgan fingerprint density at radius 1 is 0.929 bits per heavy atom. The van der Waals surface area contributed by atoms with E-state index < -0.39 is 0 Å². The third-order valence-corrected chi connectivity index (χ3v) is 2.00. The van der Waals surface area contributed by atoms with Crippen molar-refractivity contribution in [3.05, 3.63) is 54.6 Å². The minimum absolute atomic E-state index is 0. The topological polar surface area (TPSA) is 0 Å². The summed E-state index contributed by atoms with van der Waals surface area (Å²) in [6.07, 6.45) is 0. The SMILES string of the molecule is ClB(Cl)[c-]1cccc1.[Fe+2].c1cc[cH-]c1. The Kier molecular flexibility index (Phi) is 8.12. The Bertz CT molecular complexity index is 273. The van der Waals surface area contributed by atoms with Crippen LogP contribution in [0.5, 0.6) is 0 Å². The van der Waals surface area contributed by atoms with Crippen LogP contribution in [0.15, 0.2) is 54.6 Å². The minimum Gasteiger partial charge on any atom is -0.214 e. The smallest absolute Gasteiger partial charge is 0.214 e. The molecule has 0 saturated heterocycles. The zero-order chi connectivity index (χ0) is 9.52. The van der Waals surface area contributed by atoms with E-state index in [9.17, 15) is 0 Å². The van der Waals surface area contributed by atoms with Crippen LogP contribution in [-0.2, 0) is 17.1 Å². The average molecular weight is 267 g/mol. The average Bonchev–Trinajstić information content (AvgIpc) is 2.82. The predicted octanol–water partition coefficient (Wildman–Crippen LogP) is 2.98. The standard InChI is InChI=1S/C5H4BCl2.C5H5.Fe/c7-6(8)5-3-1-2-4-5;1-2-4-5-3-1;/h1-4H;1-5H;/q2*-1;+2. The van der Waals surface area contributed by atoms with Gasteiger partial charge in [-0.25, -0.2) is 24.3 Å². The molecule has 0 atom stereocenters. The largest absolute Gasteiger partial charge is 2.00 e. The summed E-state index contributed by atoms with van der Waals surface area (Å²) in [5.74, 6) is 0. The Morgan fingerprint density at radius 3 is 1.64 bits per heavy atom. The first kappa shape index (κ1) is 13.9. The second kappa shape index (κ2) is 8.20. The monoisotopic (exact) mass is 266 g/mol. The van der Waals surface area contributed by atoms with E-state index in [0.717, 1.165) is 5.46 Å². The molecule has 0 bridgehead atoms. The van der Waals surface area contributed by atoms with Gasteiger partial charge < -0.3 is 0 Å². The van der Waals surface area contributed by atoms with Gasteiger partial charge in [0.2, 0.25) is 0 Å². The predicted molar refractivity (Wildman–Crippen MR) is 61.2 cm³/mol. The molecule has 4 heteroatoms. The first-order valence-corrected chi connectivity index (χ1v) is 4.84. The van der Waals surface area contributed by atoms with Crippen LogP contribution < -0.4 is 5.46 Å². The van der Waals surface area contributed by atoms with Crippen LogP contribution in [0, 0.1) is 0 Å². The fraction of sp³-hybridized carbons (Fsp3) is 0. The van der Waals surface area contributed by atoms with Gasteiger partial charge in [-0.3, -0.25) is 0 Å². The van der Waals surface area contributed by atoms with Crippen molar-refractivity contribution in [1.29, 1.82) is 0 Å². The molecule has 0 fully saturated rings. The van der Waals surface area contributed by atoms with Gasteiger partial charge in [-0.1, -0.05) is 0 Å². The first-order chi connectivity index (χ1) is 6.30. The van der Waals surface area contributed by atoms with E-state index in [1.165, 1.54) is 0 Å². The van der Waals surface area contributed by atoms with Crippen molar-refractivity contribution in [2.45, 2.75) is 0 Å². The molecule has 0 saturated carbocycles.